The van der Waals surface area contributed by atoms with Gasteiger partial charge in [0, 0.05) is 23.4 Å². The lowest BCUT2D eigenvalue weighted by molar-refractivity contribution is 0.0705. The Kier molecular flexibility index (Phi) is 5.02. The lowest BCUT2D eigenvalue weighted by Crippen LogP contribution is -2.46. The fourth-order valence-corrected chi connectivity index (χ4v) is 4.78. The summed E-state index contributed by atoms with van der Waals surface area (Å²) in [6.45, 7) is 4.51. The highest BCUT2D eigenvalue weighted by molar-refractivity contribution is 5.89. The van der Waals surface area contributed by atoms with Crippen molar-refractivity contribution in [2.24, 2.45) is 5.92 Å². The summed E-state index contributed by atoms with van der Waals surface area (Å²) in [6, 6.07) is 34.6. The molecule has 0 unspecified atom stereocenters. The number of nitrogens with one attached hydrogen (secondary N) is 1. The predicted molar refractivity (Wildman–Crippen MR) is 124 cm³/mol. The van der Waals surface area contributed by atoms with E-state index in [4.69, 9.17) is 4.74 Å². The van der Waals surface area contributed by atoms with Crippen LogP contribution in [0.5, 0.6) is 5.75 Å². The summed E-state index contributed by atoms with van der Waals surface area (Å²) >= 11 is 0. The van der Waals surface area contributed by atoms with Crippen molar-refractivity contribution < 1.29 is 4.74 Å². The first-order chi connectivity index (χ1) is 14.7. The van der Waals surface area contributed by atoms with Crippen LogP contribution < -0.4 is 10.1 Å². The summed E-state index contributed by atoms with van der Waals surface area (Å²) in [5.41, 5.74) is 3.91. The Bertz CT molecular complexity index is 1140. The van der Waals surface area contributed by atoms with E-state index in [9.17, 15) is 0 Å². The van der Waals surface area contributed by atoms with Crippen LogP contribution in [0.25, 0.3) is 10.8 Å². The molecule has 0 aliphatic carbocycles. The lowest BCUT2D eigenvalue weighted by atomic mass is 9.76. The van der Waals surface area contributed by atoms with Crippen LogP contribution in [0.3, 0.4) is 0 Å². The average molecular weight is 394 g/mol. The van der Waals surface area contributed by atoms with Crippen LogP contribution in [-0.2, 0) is 0 Å². The minimum absolute atomic E-state index is 0.0703. The van der Waals surface area contributed by atoms with Crippen molar-refractivity contribution in [1.82, 2.24) is 5.32 Å². The van der Waals surface area contributed by atoms with Gasteiger partial charge in [0.05, 0.1) is 0 Å². The second kappa shape index (κ2) is 7.97. The first-order valence-electron chi connectivity index (χ1n) is 10.8. The first-order valence-corrected chi connectivity index (χ1v) is 10.8. The minimum Gasteiger partial charge on any atom is -0.475 e. The van der Waals surface area contributed by atoms with Crippen molar-refractivity contribution in [2.75, 3.05) is 0 Å². The van der Waals surface area contributed by atoms with E-state index in [1.54, 1.807) is 0 Å². The fourth-order valence-electron chi connectivity index (χ4n) is 4.78. The third-order valence-electron chi connectivity index (χ3n) is 6.37. The third-order valence-corrected chi connectivity index (χ3v) is 6.37. The van der Waals surface area contributed by atoms with Crippen LogP contribution in [0, 0.1) is 5.92 Å². The van der Waals surface area contributed by atoms with Crippen LogP contribution in [0.4, 0.5) is 0 Å². The Labute approximate surface area is 178 Å². The Morgan fingerprint density at radius 1 is 0.767 bits per heavy atom. The topological polar surface area (TPSA) is 21.3 Å². The molecule has 4 atom stereocenters. The van der Waals surface area contributed by atoms with E-state index in [0.717, 1.165) is 5.75 Å². The number of benzene rings is 4. The smallest absolute Gasteiger partial charge is 0.154 e. The number of ether oxygens (including phenoxy) is 1. The van der Waals surface area contributed by atoms with Crippen LogP contribution in [-0.4, -0.2) is 6.23 Å². The van der Waals surface area contributed by atoms with Crippen LogP contribution >= 0.6 is 0 Å². The van der Waals surface area contributed by atoms with E-state index in [-0.39, 0.29) is 24.1 Å². The van der Waals surface area contributed by atoms with Gasteiger partial charge in [-0.3, -0.25) is 5.32 Å². The Hall–Kier alpha value is -3.10. The highest BCUT2D eigenvalue weighted by Crippen LogP contribution is 2.47. The second-order valence-corrected chi connectivity index (χ2v) is 8.28. The van der Waals surface area contributed by atoms with Gasteiger partial charge in [-0.15, -0.1) is 0 Å². The average Bonchev–Trinajstić information content (AvgIpc) is 2.80. The van der Waals surface area contributed by atoms with Gasteiger partial charge >= 0.3 is 0 Å². The molecule has 1 heterocycles. The minimum atomic E-state index is -0.0703. The van der Waals surface area contributed by atoms with Crippen molar-refractivity contribution in [3.8, 4) is 5.75 Å². The molecule has 4 aromatic rings. The molecule has 1 aliphatic heterocycles. The summed E-state index contributed by atoms with van der Waals surface area (Å²) in [7, 11) is 0. The Balaban J connectivity index is 1.59. The quantitative estimate of drug-likeness (QED) is 0.418. The molecule has 2 nitrogen and oxygen atoms in total. The monoisotopic (exact) mass is 393 g/mol. The molecular formula is C28H27NO. The summed E-state index contributed by atoms with van der Waals surface area (Å²) < 4.78 is 6.59. The van der Waals surface area contributed by atoms with Crippen molar-refractivity contribution in [1.29, 1.82) is 0 Å². The van der Waals surface area contributed by atoms with E-state index >= 15 is 0 Å². The molecule has 0 saturated carbocycles. The normalized spacial score (nSPS) is 21.6. The molecule has 5 rings (SSSR count). The van der Waals surface area contributed by atoms with Gasteiger partial charge in [-0.1, -0.05) is 97.9 Å². The maximum Gasteiger partial charge on any atom is 0.154 e. The maximum atomic E-state index is 6.59. The molecule has 30 heavy (non-hydrogen) atoms. The number of rotatable bonds is 4. The molecule has 1 N–H and O–H groups in total. The van der Waals surface area contributed by atoms with E-state index in [1.807, 2.05) is 0 Å². The summed E-state index contributed by atoms with van der Waals surface area (Å²) in [6.07, 6.45) is -0.0703. The van der Waals surface area contributed by atoms with Crippen molar-refractivity contribution >= 4 is 10.8 Å². The van der Waals surface area contributed by atoms with Gasteiger partial charge in [0.2, 0.25) is 0 Å². The van der Waals surface area contributed by atoms with Crippen LogP contribution in [0.2, 0.25) is 0 Å². The largest absolute Gasteiger partial charge is 0.475 e. The molecular weight excluding hydrogens is 366 g/mol. The van der Waals surface area contributed by atoms with Gasteiger partial charge in [0.15, 0.2) is 6.23 Å². The van der Waals surface area contributed by atoms with Crippen molar-refractivity contribution in [3.05, 3.63) is 114 Å². The molecule has 2 heteroatoms. The zero-order chi connectivity index (χ0) is 20.5. The second-order valence-electron chi connectivity index (χ2n) is 8.28. The van der Waals surface area contributed by atoms with E-state index < -0.39 is 0 Å². The van der Waals surface area contributed by atoms with Crippen molar-refractivity contribution in [2.45, 2.75) is 32.0 Å². The molecule has 150 valence electrons. The number of fused-ring (bicyclic) bond motifs is 3. The highest BCUT2D eigenvalue weighted by atomic mass is 16.5. The van der Waals surface area contributed by atoms with Crippen molar-refractivity contribution in [3.63, 3.8) is 0 Å². The zero-order valence-electron chi connectivity index (χ0n) is 17.5. The third kappa shape index (κ3) is 3.38. The Morgan fingerprint density at radius 3 is 2.20 bits per heavy atom. The molecule has 0 spiro atoms. The van der Waals surface area contributed by atoms with Gasteiger partial charge < -0.3 is 4.74 Å². The highest BCUT2D eigenvalue weighted by Gasteiger charge is 2.38. The van der Waals surface area contributed by atoms with Crippen LogP contribution in [0.15, 0.2) is 97.1 Å². The van der Waals surface area contributed by atoms with E-state index in [1.165, 1.54) is 27.5 Å². The summed E-state index contributed by atoms with van der Waals surface area (Å²) in [4.78, 5) is 0. The zero-order valence-corrected chi connectivity index (χ0v) is 17.5. The first kappa shape index (κ1) is 18.9. The van der Waals surface area contributed by atoms with E-state index in [0.29, 0.717) is 0 Å². The molecule has 0 bridgehead atoms. The lowest BCUT2D eigenvalue weighted by Gasteiger charge is -2.40. The van der Waals surface area contributed by atoms with E-state index in [2.05, 4.69) is 116 Å². The van der Waals surface area contributed by atoms with Gasteiger partial charge in [-0.2, -0.15) is 0 Å². The molecule has 0 aromatic heterocycles. The van der Waals surface area contributed by atoms with Crippen LogP contribution in [0.1, 0.15) is 42.5 Å². The van der Waals surface area contributed by atoms with Gasteiger partial charge in [0.25, 0.3) is 0 Å². The molecule has 1 aliphatic rings. The molecule has 4 aromatic carbocycles. The maximum absolute atomic E-state index is 6.59. The molecule has 0 fully saturated rings. The fraction of sp³-hybridized carbons (Fsp3) is 0.214. The van der Waals surface area contributed by atoms with Gasteiger partial charge in [-0.25, -0.2) is 0 Å². The summed E-state index contributed by atoms with van der Waals surface area (Å²) in [5.74, 6) is 1.52. The SMILES string of the molecule is C[C@H]1[C@H](c2ccccc2)c2c(ccc3ccccc23)O[C@H]1N[C@H](C)c1ccccc1. The van der Waals surface area contributed by atoms with Gasteiger partial charge in [0.1, 0.15) is 5.75 Å². The Morgan fingerprint density at radius 2 is 1.43 bits per heavy atom. The molecule has 0 saturated heterocycles. The number of hydrogen-bond donors (Lipinski definition) is 1. The van der Waals surface area contributed by atoms with Gasteiger partial charge in [-0.05, 0) is 34.9 Å². The molecule has 0 amide bonds. The molecule has 0 radical (unpaired) electrons. The standard InChI is InChI=1S/C28H27NO/c1-19-26(23-14-7-4-8-15-23)27-24-16-10-9-13-22(24)17-18-25(27)30-28(19)29-20(2)21-11-5-3-6-12-21/h3-20,26,28-29H,1-2H3/t19-,20+,26+,28+/m0/s1. The predicted octanol–water partition coefficient (Wildman–Crippen LogP) is 6.68. The number of hydrogen-bond acceptors (Lipinski definition) is 2. The summed E-state index contributed by atoms with van der Waals surface area (Å²) in [5, 5.41) is 6.30.